The Morgan fingerprint density at radius 3 is 1.43 bits per heavy atom. The standard InChI is InChI=1S/C26H29N2S.3C7H7.Zr/c1-15-7-16(2)23(17(3)8-15)21-5-4-6-22-24(21)27-25(29-22)28-26-12-18-9-19(13-26)11-20(10-18)14-26;3*1-7-5-3-2-4-6-7;/h4-8,18-20H,9-14H2,1-3H3;3*2-6H,1H2;/q4*-1;+4. The molecule has 4 aliphatic carbocycles. The van der Waals surface area contributed by atoms with Gasteiger partial charge in [-0.2, -0.15) is 73.9 Å². The molecule has 0 saturated heterocycles. The average Bonchev–Trinajstić information content (AvgIpc) is 3.48. The van der Waals surface area contributed by atoms with Crippen LogP contribution in [0.1, 0.15) is 71.9 Å². The summed E-state index contributed by atoms with van der Waals surface area (Å²) in [6.45, 7) is 17.8. The predicted molar refractivity (Wildman–Crippen MR) is 216 cm³/mol. The quantitative estimate of drug-likeness (QED) is 0.165. The molecule has 4 bridgehead atoms. The molecule has 0 spiro atoms. The zero-order chi connectivity index (χ0) is 35.1. The molecule has 6 aromatic rings. The van der Waals surface area contributed by atoms with E-state index in [1.165, 1.54) is 71.0 Å². The number of hydrogen-bond donors (Lipinski definition) is 0. The van der Waals surface area contributed by atoms with Gasteiger partial charge in [-0.3, -0.25) is 0 Å². The summed E-state index contributed by atoms with van der Waals surface area (Å²) < 4.78 is 1.27. The van der Waals surface area contributed by atoms with Crippen LogP contribution in [0.3, 0.4) is 0 Å². The SMILES string of the molecule is Cc1cc(C)c(-c2cccc3sc([N-]C45CC6CC(CC(C6)C4)C5)nc23)c(C)c1.[CH2-]c1ccccc1.[CH2-]c1ccccc1.[CH2-]c1ccccc1.[Zr+4]. The second-order valence-electron chi connectivity index (χ2n) is 14.6. The zero-order valence-electron chi connectivity index (χ0n) is 30.4. The van der Waals surface area contributed by atoms with Crippen molar-refractivity contribution in [2.45, 2.75) is 64.8 Å². The third-order valence-electron chi connectivity index (χ3n) is 10.2. The molecule has 1 heterocycles. The van der Waals surface area contributed by atoms with E-state index in [0.717, 1.165) is 45.1 Å². The van der Waals surface area contributed by atoms with Crippen molar-refractivity contribution in [3.05, 3.63) is 181 Å². The molecule has 4 saturated carbocycles. The maximum atomic E-state index is 5.39. The van der Waals surface area contributed by atoms with Crippen molar-refractivity contribution in [3.8, 4) is 11.1 Å². The van der Waals surface area contributed by atoms with Gasteiger partial charge < -0.3 is 10.3 Å². The predicted octanol–water partition coefficient (Wildman–Crippen LogP) is 13.5. The van der Waals surface area contributed by atoms with Crippen molar-refractivity contribution < 1.29 is 26.2 Å². The molecule has 51 heavy (non-hydrogen) atoms. The van der Waals surface area contributed by atoms with Crippen molar-refractivity contribution in [2.24, 2.45) is 17.8 Å². The summed E-state index contributed by atoms with van der Waals surface area (Å²) in [5.41, 5.74) is 11.1. The number of thiazole rings is 1. The number of nitrogens with zero attached hydrogens (tertiary/aromatic N) is 2. The van der Waals surface area contributed by atoms with Gasteiger partial charge in [-0.1, -0.05) is 48.0 Å². The average molecular weight is 766 g/mol. The second kappa shape index (κ2) is 17.7. The largest absolute Gasteiger partial charge is 4.00 e. The minimum Gasteiger partial charge on any atom is -0.450 e. The normalized spacial score (nSPS) is 20.7. The first-order valence-electron chi connectivity index (χ1n) is 18.0. The molecule has 0 N–H and O–H groups in total. The van der Waals surface area contributed by atoms with Gasteiger partial charge in [0, 0.05) is 4.70 Å². The molecule has 4 fully saturated rings. The maximum absolute atomic E-state index is 5.39. The van der Waals surface area contributed by atoms with Gasteiger partial charge in [0.05, 0.1) is 0 Å². The zero-order valence-corrected chi connectivity index (χ0v) is 33.7. The van der Waals surface area contributed by atoms with E-state index in [2.05, 4.69) is 71.9 Å². The van der Waals surface area contributed by atoms with Crippen LogP contribution in [-0.4, -0.2) is 10.5 Å². The first kappa shape index (κ1) is 38.5. The summed E-state index contributed by atoms with van der Waals surface area (Å²) in [7, 11) is 0. The van der Waals surface area contributed by atoms with E-state index in [9.17, 15) is 0 Å². The summed E-state index contributed by atoms with van der Waals surface area (Å²) in [6, 6.07) is 40.8. The van der Waals surface area contributed by atoms with Crippen LogP contribution in [0.2, 0.25) is 0 Å². The minimum absolute atomic E-state index is 0. The van der Waals surface area contributed by atoms with Crippen molar-refractivity contribution in [2.75, 3.05) is 0 Å². The Morgan fingerprint density at radius 2 is 1.04 bits per heavy atom. The molecule has 1 aromatic heterocycles. The Labute approximate surface area is 330 Å². The fraction of sp³-hybridized carbons (Fsp3) is 0.277. The van der Waals surface area contributed by atoms with E-state index in [4.69, 9.17) is 10.3 Å². The van der Waals surface area contributed by atoms with E-state index in [1.807, 2.05) is 91.0 Å². The Balaban J connectivity index is 0.000000185. The van der Waals surface area contributed by atoms with Gasteiger partial charge in [0.2, 0.25) is 0 Å². The molecular weight excluding hydrogens is 716 g/mol. The first-order valence-corrected chi connectivity index (χ1v) is 18.8. The van der Waals surface area contributed by atoms with Crippen molar-refractivity contribution in [1.82, 2.24) is 4.98 Å². The van der Waals surface area contributed by atoms with Crippen LogP contribution < -0.4 is 0 Å². The summed E-state index contributed by atoms with van der Waals surface area (Å²) >= 11 is 1.79. The first-order chi connectivity index (χ1) is 24.2. The van der Waals surface area contributed by atoms with Crippen LogP contribution in [0.4, 0.5) is 5.13 Å². The molecular formula is C47H50N2SZr. The molecule has 258 valence electrons. The molecule has 0 aliphatic heterocycles. The fourth-order valence-electron chi connectivity index (χ4n) is 8.63. The number of fused-ring (bicyclic) bond motifs is 1. The maximum Gasteiger partial charge on any atom is 4.00 e. The van der Waals surface area contributed by atoms with Crippen LogP contribution in [-0.2, 0) is 26.2 Å². The summed E-state index contributed by atoms with van der Waals surface area (Å²) in [5, 5.41) is 6.40. The van der Waals surface area contributed by atoms with Crippen LogP contribution in [0.15, 0.2) is 121 Å². The van der Waals surface area contributed by atoms with Gasteiger partial charge in [-0.15, -0.1) is 47.7 Å². The third-order valence-corrected chi connectivity index (χ3v) is 11.1. The van der Waals surface area contributed by atoms with E-state index >= 15 is 0 Å². The Kier molecular flexibility index (Phi) is 13.3. The Morgan fingerprint density at radius 1 is 0.608 bits per heavy atom. The summed E-state index contributed by atoms with van der Waals surface area (Å²) in [6.07, 6.45) is 8.30. The topological polar surface area (TPSA) is 27.0 Å². The number of benzene rings is 5. The Hall–Kier alpha value is -3.72. The minimum atomic E-state index is 0. The molecule has 5 aromatic carbocycles. The van der Waals surface area contributed by atoms with Crippen molar-refractivity contribution >= 4 is 26.7 Å². The third kappa shape index (κ3) is 10.2. The molecule has 4 aliphatic rings. The van der Waals surface area contributed by atoms with Gasteiger partial charge in [-0.25, -0.2) is 0 Å². The molecule has 0 amide bonds. The monoisotopic (exact) mass is 764 g/mol. The van der Waals surface area contributed by atoms with E-state index < -0.39 is 0 Å². The van der Waals surface area contributed by atoms with Crippen molar-refractivity contribution in [1.29, 1.82) is 0 Å². The van der Waals surface area contributed by atoms with E-state index in [0.29, 0.717) is 0 Å². The number of aryl methyl sites for hydroxylation is 3. The number of rotatable bonds is 3. The molecule has 2 nitrogen and oxygen atoms in total. The van der Waals surface area contributed by atoms with Gasteiger partial charge >= 0.3 is 26.2 Å². The van der Waals surface area contributed by atoms with Crippen molar-refractivity contribution in [3.63, 3.8) is 0 Å². The molecule has 4 heteroatoms. The summed E-state index contributed by atoms with van der Waals surface area (Å²) in [5.74, 6) is 2.77. The summed E-state index contributed by atoms with van der Waals surface area (Å²) in [4.78, 5) is 5.12. The molecule has 0 atom stereocenters. The van der Waals surface area contributed by atoms with Gasteiger partial charge in [-0.05, 0) is 122 Å². The fourth-order valence-corrected chi connectivity index (χ4v) is 9.60. The Bertz CT molecular complexity index is 1820. The van der Waals surface area contributed by atoms with Gasteiger partial charge in [0.25, 0.3) is 0 Å². The molecule has 0 radical (unpaired) electrons. The number of para-hydroxylation sites is 1. The van der Waals surface area contributed by atoms with Crippen LogP contribution >= 0.6 is 11.3 Å². The van der Waals surface area contributed by atoms with E-state index in [1.54, 1.807) is 11.3 Å². The molecule has 10 rings (SSSR count). The smallest absolute Gasteiger partial charge is 0.450 e. The van der Waals surface area contributed by atoms with Gasteiger partial charge in [0.15, 0.2) is 0 Å². The van der Waals surface area contributed by atoms with Gasteiger partial charge in [0.1, 0.15) is 0 Å². The molecule has 0 unspecified atom stereocenters. The second-order valence-corrected chi connectivity index (χ2v) is 15.6. The van der Waals surface area contributed by atoms with Crippen LogP contribution in [0, 0.1) is 59.3 Å². The van der Waals surface area contributed by atoms with Crippen LogP contribution in [0.25, 0.3) is 26.7 Å². The number of aromatic nitrogens is 1. The van der Waals surface area contributed by atoms with E-state index in [-0.39, 0.29) is 31.7 Å². The van der Waals surface area contributed by atoms with Crippen LogP contribution in [0.5, 0.6) is 0 Å². The number of hydrogen-bond acceptors (Lipinski definition) is 2.